The topological polar surface area (TPSA) is 9.72 Å². The summed E-state index contributed by atoms with van der Waals surface area (Å²) in [5, 5.41) is 0. The number of anilines is 6. The van der Waals surface area contributed by atoms with Gasteiger partial charge in [-0.15, -0.1) is 6.42 Å². The molecule has 0 radical (unpaired) electrons. The highest BCUT2D eigenvalue weighted by atomic mass is 15.2. The summed E-state index contributed by atoms with van der Waals surface area (Å²) in [6, 6.07) is 61.1. The maximum atomic E-state index is 5.55. The van der Waals surface area contributed by atoms with E-state index in [0.717, 1.165) is 66.2 Å². The molecule has 294 valence electrons. The Morgan fingerprint density at radius 2 is 0.950 bits per heavy atom. The quantitative estimate of drug-likeness (QED) is 0.0806. The maximum Gasteiger partial charge on any atom is 0.0459 e. The van der Waals surface area contributed by atoms with E-state index < -0.39 is 0 Å². The van der Waals surface area contributed by atoms with E-state index in [2.05, 4.69) is 234 Å². The van der Waals surface area contributed by atoms with Gasteiger partial charge >= 0.3 is 0 Å². The molecule has 0 saturated carbocycles. The monoisotopic (exact) mass is 777 g/mol. The second-order valence-electron chi connectivity index (χ2n) is 15.2. The van der Waals surface area contributed by atoms with Crippen molar-refractivity contribution in [2.24, 2.45) is 0 Å². The Morgan fingerprint density at radius 1 is 0.533 bits per heavy atom. The molecule has 0 spiro atoms. The van der Waals surface area contributed by atoms with Crippen LogP contribution in [-0.4, -0.2) is 0 Å². The molecular weight excluding hydrogens is 727 g/mol. The van der Waals surface area contributed by atoms with Gasteiger partial charge in [0.15, 0.2) is 0 Å². The van der Waals surface area contributed by atoms with E-state index in [9.17, 15) is 0 Å². The molecule has 3 heteroatoms. The second-order valence-corrected chi connectivity index (χ2v) is 15.2. The van der Waals surface area contributed by atoms with Gasteiger partial charge in [0, 0.05) is 57.1 Å². The lowest BCUT2D eigenvalue weighted by molar-refractivity contribution is 0.785. The van der Waals surface area contributed by atoms with Crippen LogP contribution < -0.4 is 14.7 Å². The summed E-state index contributed by atoms with van der Waals surface area (Å²) in [6.45, 7) is 2.21. The fourth-order valence-electron chi connectivity index (χ4n) is 8.31. The van der Waals surface area contributed by atoms with Crippen molar-refractivity contribution in [1.29, 1.82) is 0 Å². The standard InChI is InChI=1S/C57H51N3/c1-3-4-10-21-45(2)57(44-46-22-11-5-12-23-46)47-32-34-52(35-33-47)60(55-40-36-53(37-41-55)58(48-24-13-6-14-25-48)49-26-15-7-16-27-49)56-42-38-54(39-43-56)59(50-28-17-8-18-29-50)51-30-19-9-20-31-51/h1,4-19,21-30,32-36,38-40,42-43,57H,20,31,37,41,44H2,2H3/b10-4-,45-21+. The Balaban J connectivity index is 1.19. The van der Waals surface area contributed by atoms with Gasteiger partial charge in [0.1, 0.15) is 0 Å². The predicted octanol–water partition coefficient (Wildman–Crippen LogP) is 15.1. The maximum absolute atomic E-state index is 5.55. The zero-order chi connectivity index (χ0) is 40.9. The number of hydrogen-bond acceptors (Lipinski definition) is 3. The molecule has 1 atom stereocenters. The minimum Gasteiger partial charge on any atom is -0.314 e. The molecule has 3 nitrogen and oxygen atoms in total. The van der Waals surface area contributed by atoms with Gasteiger partial charge in [-0.1, -0.05) is 133 Å². The molecule has 0 aliphatic heterocycles. The van der Waals surface area contributed by atoms with E-state index in [4.69, 9.17) is 6.42 Å². The first kappa shape index (κ1) is 39.5. The molecule has 1 unspecified atom stereocenters. The number of para-hydroxylation sites is 3. The first-order chi connectivity index (χ1) is 29.7. The third kappa shape index (κ3) is 9.36. The minimum atomic E-state index is 0.200. The summed E-state index contributed by atoms with van der Waals surface area (Å²) in [5.74, 6) is 2.83. The molecule has 6 aromatic rings. The van der Waals surface area contributed by atoms with Gasteiger partial charge < -0.3 is 14.7 Å². The van der Waals surface area contributed by atoms with Crippen LogP contribution in [0.25, 0.3) is 0 Å². The molecule has 2 aliphatic carbocycles. The van der Waals surface area contributed by atoms with Crippen molar-refractivity contribution < 1.29 is 0 Å². The zero-order valence-corrected chi connectivity index (χ0v) is 34.3. The van der Waals surface area contributed by atoms with Gasteiger partial charge in [-0.3, -0.25) is 0 Å². The zero-order valence-electron chi connectivity index (χ0n) is 34.3. The first-order valence-electron chi connectivity index (χ1n) is 21.0. The Hall–Kier alpha value is -7.28. The number of terminal acetylenes is 1. The van der Waals surface area contributed by atoms with Crippen molar-refractivity contribution in [3.05, 3.63) is 252 Å². The molecule has 60 heavy (non-hydrogen) atoms. The highest BCUT2D eigenvalue weighted by molar-refractivity contribution is 5.75. The van der Waals surface area contributed by atoms with Gasteiger partial charge in [-0.05, 0) is 147 Å². The third-order valence-electron chi connectivity index (χ3n) is 11.3. The summed E-state index contributed by atoms with van der Waals surface area (Å²) in [5.41, 5.74) is 14.5. The third-order valence-corrected chi connectivity index (χ3v) is 11.3. The van der Waals surface area contributed by atoms with Crippen LogP contribution in [-0.2, 0) is 6.42 Å². The summed E-state index contributed by atoms with van der Waals surface area (Å²) < 4.78 is 0. The fraction of sp³-hybridized carbons (Fsp3) is 0.123. The highest BCUT2D eigenvalue weighted by Crippen LogP contribution is 2.41. The number of hydrogen-bond donors (Lipinski definition) is 0. The highest BCUT2D eigenvalue weighted by Gasteiger charge is 2.23. The number of allylic oxidation sites excluding steroid dienone is 12. The van der Waals surface area contributed by atoms with Crippen molar-refractivity contribution in [3.8, 4) is 12.3 Å². The smallest absolute Gasteiger partial charge is 0.0459 e. The van der Waals surface area contributed by atoms with Crippen LogP contribution in [0.1, 0.15) is 49.7 Å². The summed E-state index contributed by atoms with van der Waals surface area (Å²) in [4.78, 5) is 7.22. The lowest BCUT2D eigenvalue weighted by atomic mass is 9.86. The van der Waals surface area contributed by atoms with Gasteiger partial charge in [0.2, 0.25) is 0 Å². The molecular formula is C57H51N3. The number of benzene rings is 6. The van der Waals surface area contributed by atoms with Crippen LogP contribution in [0.15, 0.2) is 241 Å². The Labute approximate surface area is 357 Å². The van der Waals surface area contributed by atoms with E-state index in [-0.39, 0.29) is 5.92 Å². The summed E-state index contributed by atoms with van der Waals surface area (Å²) in [6.07, 6.45) is 27.4. The number of nitrogens with zero attached hydrogens (tertiary/aromatic N) is 3. The van der Waals surface area contributed by atoms with E-state index in [1.807, 2.05) is 6.08 Å². The van der Waals surface area contributed by atoms with Crippen molar-refractivity contribution in [3.63, 3.8) is 0 Å². The minimum absolute atomic E-state index is 0.200. The summed E-state index contributed by atoms with van der Waals surface area (Å²) in [7, 11) is 0. The molecule has 0 bridgehead atoms. The van der Waals surface area contributed by atoms with Gasteiger partial charge in [-0.25, -0.2) is 0 Å². The average Bonchev–Trinajstić information content (AvgIpc) is 3.32. The van der Waals surface area contributed by atoms with Gasteiger partial charge in [0.25, 0.3) is 0 Å². The largest absolute Gasteiger partial charge is 0.314 e. The van der Waals surface area contributed by atoms with Crippen LogP contribution in [0, 0.1) is 12.3 Å². The molecule has 0 amide bonds. The van der Waals surface area contributed by atoms with E-state index in [0.29, 0.717) is 0 Å². The second kappa shape index (κ2) is 19.4. The fourth-order valence-corrected chi connectivity index (χ4v) is 8.31. The molecule has 0 heterocycles. The molecule has 0 aromatic heterocycles. The van der Waals surface area contributed by atoms with E-state index in [1.165, 1.54) is 33.8 Å². The predicted molar refractivity (Wildman–Crippen MR) is 255 cm³/mol. The summed E-state index contributed by atoms with van der Waals surface area (Å²) >= 11 is 0. The van der Waals surface area contributed by atoms with Gasteiger partial charge in [0.05, 0.1) is 0 Å². The Kier molecular flexibility index (Phi) is 12.8. The van der Waals surface area contributed by atoms with Crippen LogP contribution in [0.3, 0.4) is 0 Å². The molecule has 0 saturated heterocycles. The van der Waals surface area contributed by atoms with E-state index in [1.54, 1.807) is 6.08 Å². The van der Waals surface area contributed by atoms with Crippen LogP contribution in [0.5, 0.6) is 0 Å². The van der Waals surface area contributed by atoms with Gasteiger partial charge in [-0.2, -0.15) is 0 Å². The molecule has 6 aromatic carbocycles. The first-order valence-corrected chi connectivity index (χ1v) is 21.0. The normalized spacial score (nSPS) is 14.4. The number of rotatable bonds is 14. The lowest BCUT2D eigenvalue weighted by Crippen LogP contribution is -2.22. The average molecular weight is 778 g/mol. The Bertz CT molecular complexity index is 2510. The van der Waals surface area contributed by atoms with Crippen molar-refractivity contribution in [1.82, 2.24) is 0 Å². The van der Waals surface area contributed by atoms with E-state index >= 15 is 0 Å². The molecule has 0 N–H and O–H groups in total. The van der Waals surface area contributed by atoms with Crippen molar-refractivity contribution in [2.75, 3.05) is 14.7 Å². The Morgan fingerprint density at radius 3 is 1.37 bits per heavy atom. The van der Waals surface area contributed by atoms with Crippen LogP contribution >= 0.6 is 0 Å². The van der Waals surface area contributed by atoms with Crippen molar-refractivity contribution >= 4 is 34.1 Å². The van der Waals surface area contributed by atoms with Crippen LogP contribution in [0.2, 0.25) is 0 Å². The molecule has 8 rings (SSSR count). The molecule has 2 aliphatic rings. The SMILES string of the molecule is C#C/C=C\C=C(/C)C(Cc1ccccc1)c1ccc(N(C2=CC=C(N(c3ccccc3)c3ccccc3)CC2)c2ccc(N(C3=CC=CCC3)c3ccccc3)cc2)cc1. The van der Waals surface area contributed by atoms with Crippen molar-refractivity contribution in [2.45, 2.75) is 44.9 Å². The molecule has 0 fully saturated rings. The lowest BCUT2D eigenvalue weighted by Gasteiger charge is -2.34. The van der Waals surface area contributed by atoms with Crippen LogP contribution in [0.4, 0.5) is 34.1 Å².